The summed E-state index contributed by atoms with van der Waals surface area (Å²) in [5.41, 5.74) is 2.09. The molecule has 0 aliphatic heterocycles. The quantitative estimate of drug-likeness (QED) is 0.345. The number of amides is 2. The maximum absolute atomic E-state index is 14.1. The van der Waals surface area contributed by atoms with Crippen LogP contribution in [0.5, 0.6) is 5.75 Å². The number of likely N-dealkylation sites (N-methyl/N-ethyl adjacent to an activating group) is 1. The molecule has 2 amide bonds. The number of imidazole rings is 1. The van der Waals surface area contributed by atoms with Gasteiger partial charge in [0.15, 0.2) is 0 Å². The van der Waals surface area contributed by atoms with E-state index in [0.717, 1.165) is 11.3 Å². The van der Waals surface area contributed by atoms with Crippen LogP contribution < -0.4 is 10.1 Å². The second-order valence-electron chi connectivity index (χ2n) is 7.87. The first-order valence-electron chi connectivity index (χ1n) is 11.2. The van der Waals surface area contributed by atoms with Crippen LogP contribution in [0.4, 0.5) is 10.3 Å². The average Bonchev–Trinajstić information content (AvgIpc) is 3.31. The number of ether oxygens (including phenoxy) is 1. The van der Waals surface area contributed by atoms with E-state index in [-0.39, 0.29) is 24.6 Å². The van der Waals surface area contributed by atoms with Gasteiger partial charge in [0.25, 0.3) is 5.91 Å². The Balaban J connectivity index is 1.61. The second kappa shape index (κ2) is 11.0. The van der Waals surface area contributed by atoms with Crippen molar-refractivity contribution >= 4 is 29.4 Å². The smallest absolute Gasteiger partial charge is 0.257 e. The summed E-state index contributed by atoms with van der Waals surface area (Å²) in [6, 6.07) is 20.1. The summed E-state index contributed by atoms with van der Waals surface area (Å²) >= 11 is 6.02. The Bertz CT molecular complexity index is 1370. The molecule has 0 fully saturated rings. The van der Waals surface area contributed by atoms with Crippen LogP contribution in [-0.2, 0) is 4.79 Å². The van der Waals surface area contributed by atoms with E-state index in [2.05, 4.69) is 10.3 Å². The highest BCUT2D eigenvalue weighted by Gasteiger charge is 2.21. The maximum atomic E-state index is 14.1. The molecule has 0 spiro atoms. The lowest BCUT2D eigenvalue weighted by atomic mass is 10.2. The van der Waals surface area contributed by atoms with Crippen LogP contribution in [0.3, 0.4) is 0 Å². The molecule has 9 heteroatoms. The van der Waals surface area contributed by atoms with Crippen molar-refractivity contribution in [2.24, 2.45) is 0 Å². The second-order valence-corrected chi connectivity index (χ2v) is 8.31. The molecule has 0 bridgehead atoms. The van der Waals surface area contributed by atoms with Gasteiger partial charge in [-0.2, -0.15) is 0 Å². The molecule has 0 aliphatic carbocycles. The van der Waals surface area contributed by atoms with Crippen molar-refractivity contribution in [3.63, 3.8) is 0 Å². The van der Waals surface area contributed by atoms with Crippen LogP contribution in [0.2, 0.25) is 5.02 Å². The zero-order valence-corrected chi connectivity index (χ0v) is 20.5. The zero-order valence-electron chi connectivity index (χ0n) is 19.7. The normalized spacial score (nSPS) is 10.7. The van der Waals surface area contributed by atoms with Crippen molar-refractivity contribution in [1.29, 1.82) is 0 Å². The lowest BCUT2D eigenvalue weighted by Gasteiger charge is -2.20. The molecule has 3 aromatic carbocycles. The van der Waals surface area contributed by atoms with Gasteiger partial charge in [-0.15, -0.1) is 0 Å². The predicted octanol–water partition coefficient (Wildman–Crippen LogP) is 5.44. The van der Waals surface area contributed by atoms with Gasteiger partial charge in [0.1, 0.15) is 18.1 Å². The molecule has 0 unspecified atom stereocenters. The Kier molecular flexibility index (Phi) is 7.65. The van der Waals surface area contributed by atoms with Crippen LogP contribution >= 0.6 is 11.6 Å². The number of carbonyl (C=O) groups excluding carboxylic acids is 2. The number of nitrogens with one attached hydrogen (secondary N) is 1. The highest BCUT2D eigenvalue weighted by atomic mass is 35.5. The first-order chi connectivity index (χ1) is 17.4. The molecule has 0 aliphatic rings. The maximum Gasteiger partial charge on any atom is 0.257 e. The Morgan fingerprint density at radius 1 is 1.06 bits per heavy atom. The van der Waals surface area contributed by atoms with E-state index < -0.39 is 17.6 Å². The number of anilines is 1. The van der Waals surface area contributed by atoms with Gasteiger partial charge in [-0.1, -0.05) is 35.9 Å². The molecular formula is C27H24ClFN4O3. The average molecular weight is 507 g/mol. The van der Waals surface area contributed by atoms with Crippen LogP contribution in [0.25, 0.3) is 16.9 Å². The summed E-state index contributed by atoms with van der Waals surface area (Å²) < 4.78 is 21.1. The summed E-state index contributed by atoms with van der Waals surface area (Å²) in [5.74, 6) is -0.711. The minimum Gasteiger partial charge on any atom is -0.497 e. The summed E-state index contributed by atoms with van der Waals surface area (Å²) in [7, 11) is 1.58. The van der Waals surface area contributed by atoms with Gasteiger partial charge < -0.3 is 9.64 Å². The first kappa shape index (κ1) is 24.9. The van der Waals surface area contributed by atoms with Crippen molar-refractivity contribution in [3.05, 3.63) is 95.4 Å². The molecule has 0 atom stereocenters. The van der Waals surface area contributed by atoms with Crippen molar-refractivity contribution in [2.45, 2.75) is 6.92 Å². The Morgan fingerprint density at radius 3 is 2.39 bits per heavy atom. The molecule has 0 radical (unpaired) electrons. The van der Waals surface area contributed by atoms with Gasteiger partial charge >= 0.3 is 0 Å². The lowest BCUT2D eigenvalue weighted by Crippen LogP contribution is -2.38. The fraction of sp³-hybridized carbons (Fsp3) is 0.148. The number of hydrogen-bond donors (Lipinski definition) is 1. The third kappa shape index (κ3) is 5.55. The molecule has 1 heterocycles. The topological polar surface area (TPSA) is 76.5 Å². The highest BCUT2D eigenvalue weighted by Crippen LogP contribution is 2.26. The van der Waals surface area contributed by atoms with E-state index in [1.807, 2.05) is 24.3 Å². The summed E-state index contributed by atoms with van der Waals surface area (Å²) in [5, 5.41) is 3.39. The summed E-state index contributed by atoms with van der Waals surface area (Å²) in [6.07, 6.45) is 1.79. The molecule has 0 saturated carbocycles. The molecule has 7 nitrogen and oxygen atoms in total. The number of aromatic nitrogens is 2. The number of hydrogen-bond acceptors (Lipinski definition) is 4. The molecule has 1 N–H and O–H groups in total. The molecular weight excluding hydrogens is 483 g/mol. The van der Waals surface area contributed by atoms with Gasteiger partial charge in [0.05, 0.1) is 18.4 Å². The van der Waals surface area contributed by atoms with Gasteiger partial charge in [0, 0.05) is 29.0 Å². The van der Waals surface area contributed by atoms with Crippen molar-refractivity contribution in [1.82, 2.24) is 14.5 Å². The van der Waals surface area contributed by atoms with Crippen LogP contribution in [0.15, 0.2) is 79.0 Å². The number of carbonyl (C=O) groups is 2. The van der Waals surface area contributed by atoms with Crippen LogP contribution in [-0.4, -0.2) is 46.5 Å². The van der Waals surface area contributed by atoms with Crippen LogP contribution in [0, 0.1) is 5.82 Å². The third-order valence-electron chi connectivity index (χ3n) is 5.56. The predicted molar refractivity (Wildman–Crippen MR) is 137 cm³/mol. The zero-order chi connectivity index (χ0) is 25.7. The number of benzene rings is 3. The van der Waals surface area contributed by atoms with Gasteiger partial charge in [0.2, 0.25) is 11.9 Å². The minimum atomic E-state index is -0.635. The minimum absolute atomic E-state index is 0.0862. The number of nitrogens with zero attached hydrogens (tertiary/aromatic N) is 3. The largest absolute Gasteiger partial charge is 0.497 e. The number of methoxy groups -OCH3 is 1. The van der Waals surface area contributed by atoms with E-state index in [1.165, 1.54) is 23.1 Å². The highest BCUT2D eigenvalue weighted by molar-refractivity contribution is 6.30. The van der Waals surface area contributed by atoms with Gasteiger partial charge in [-0.25, -0.2) is 9.37 Å². The Morgan fingerprint density at radius 2 is 1.75 bits per heavy atom. The van der Waals surface area contributed by atoms with Crippen molar-refractivity contribution < 1.29 is 18.7 Å². The van der Waals surface area contributed by atoms with E-state index in [0.29, 0.717) is 16.5 Å². The van der Waals surface area contributed by atoms with E-state index in [4.69, 9.17) is 16.3 Å². The molecule has 36 heavy (non-hydrogen) atoms. The fourth-order valence-electron chi connectivity index (χ4n) is 3.64. The monoisotopic (exact) mass is 506 g/mol. The van der Waals surface area contributed by atoms with Crippen molar-refractivity contribution in [2.75, 3.05) is 25.5 Å². The SMILES string of the molecule is CCN(CC(=O)Nc1nc(-c2ccc(Cl)cc2)cn1-c1ccc(OC)cc1)C(=O)c1ccccc1F. The Hall–Kier alpha value is -4.17. The standard InChI is InChI=1S/C27H24ClFN4O3/c1-3-32(26(35)22-6-4-5-7-23(22)29)17-25(34)31-27-30-24(18-8-10-19(28)11-9-18)16-33(27)20-12-14-21(36-2)15-13-20/h4-16H,3,17H2,1-2H3,(H,30,31,34). The molecule has 4 aromatic rings. The van der Waals surface area contributed by atoms with Crippen LogP contribution in [0.1, 0.15) is 17.3 Å². The fourth-order valence-corrected chi connectivity index (χ4v) is 3.76. The Labute approximate surface area is 213 Å². The van der Waals surface area contributed by atoms with E-state index in [1.54, 1.807) is 55.1 Å². The molecule has 0 saturated heterocycles. The number of halogens is 2. The van der Waals surface area contributed by atoms with E-state index >= 15 is 0 Å². The summed E-state index contributed by atoms with van der Waals surface area (Å²) in [6.45, 7) is 1.68. The third-order valence-corrected chi connectivity index (χ3v) is 5.81. The molecule has 1 aromatic heterocycles. The first-order valence-corrected chi connectivity index (χ1v) is 11.6. The van der Waals surface area contributed by atoms with Crippen molar-refractivity contribution in [3.8, 4) is 22.7 Å². The summed E-state index contributed by atoms with van der Waals surface area (Å²) in [4.78, 5) is 31.7. The molecule has 184 valence electrons. The van der Waals surface area contributed by atoms with Gasteiger partial charge in [-0.3, -0.25) is 19.5 Å². The van der Waals surface area contributed by atoms with Gasteiger partial charge in [-0.05, 0) is 55.5 Å². The number of rotatable bonds is 8. The van der Waals surface area contributed by atoms with E-state index in [9.17, 15) is 14.0 Å². The lowest BCUT2D eigenvalue weighted by molar-refractivity contribution is -0.116. The molecule has 4 rings (SSSR count).